The van der Waals surface area contributed by atoms with Crippen LogP contribution in [-0.2, 0) is 14.4 Å². The number of hydrogen-bond acceptors (Lipinski definition) is 10. The molecular formula is C55H73ClFN9O5. The Balaban J connectivity index is 0.715. The number of rotatable bonds is 13. The molecule has 10 rings (SSSR count). The van der Waals surface area contributed by atoms with Crippen molar-refractivity contribution >= 4 is 41.0 Å². The summed E-state index contributed by atoms with van der Waals surface area (Å²) < 4.78 is 16.4. The van der Waals surface area contributed by atoms with E-state index >= 15 is 4.39 Å². The highest BCUT2D eigenvalue weighted by molar-refractivity contribution is 6.30. The molecular weight excluding hydrogens is 921 g/mol. The number of carbonyl (C=O) groups is 4. The summed E-state index contributed by atoms with van der Waals surface area (Å²) in [5, 5.41) is 14.3. The maximum absolute atomic E-state index is 16.4. The zero-order valence-electron chi connectivity index (χ0n) is 41.5. The Morgan fingerprint density at radius 3 is 2.18 bits per heavy atom. The van der Waals surface area contributed by atoms with Crippen LogP contribution in [-0.4, -0.2) is 161 Å². The summed E-state index contributed by atoms with van der Waals surface area (Å²) >= 11 is 6.33. The molecule has 2 saturated carbocycles. The number of halogens is 2. The fourth-order valence-electron chi connectivity index (χ4n) is 12.8. The molecule has 16 heteroatoms. The minimum Gasteiger partial charge on any atom is -0.387 e. The van der Waals surface area contributed by atoms with Gasteiger partial charge >= 0.3 is 0 Å². The van der Waals surface area contributed by atoms with E-state index in [0.717, 1.165) is 126 Å². The number of benzene rings is 2. The van der Waals surface area contributed by atoms with Crippen LogP contribution in [0, 0.1) is 23.6 Å². The van der Waals surface area contributed by atoms with Crippen molar-refractivity contribution in [2.75, 3.05) is 96.5 Å². The molecule has 3 aromatic rings. The van der Waals surface area contributed by atoms with Crippen molar-refractivity contribution in [3.8, 4) is 0 Å². The molecule has 4 amide bonds. The van der Waals surface area contributed by atoms with E-state index in [1.54, 1.807) is 18.5 Å². The molecule has 71 heavy (non-hydrogen) atoms. The number of aliphatic hydroxyl groups excluding tert-OH is 1. The van der Waals surface area contributed by atoms with Gasteiger partial charge in [0.05, 0.1) is 23.3 Å². The van der Waals surface area contributed by atoms with E-state index in [2.05, 4.69) is 36.9 Å². The summed E-state index contributed by atoms with van der Waals surface area (Å²) in [5.74, 6) is 0.374. The monoisotopic (exact) mass is 994 g/mol. The predicted octanol–water partition coefficient (Wildman–Crippen LogP) is 6.59. The van der Waals surface area contributed by atoms with E-state index < -0.39 is 23.9 Å². The van der Waals surface area contributed by atoms with Crippen LogP contribution < -0.4 is 10.2 Å². The van der Waals surface area contributed by atoms with Gasteiger partial charge in [-0.15, -0.1) is 0 Å². The SMILES string of the molecule is C[C@@H]1C[C@@H](O)c2ncnc(N3CCN(C(=O)C(CN4CCC(CN5CCN(C(=O)[C@H](NC(=O)c6cccc([C@@H]7CCCN(C(=O)C8CC8)C7)c6F)C6CCCCC6)CC5)CC4)c4ccc(Cl)cc4)CC3)c21. The Kier molecular flexibility index (Phi) is 15.6. The van der Waals surface area contributed by atoms with Gasteiger partial charge in [-0.2, -0.15) is 0 Å². The van der Waals surface area contributed by atoms with Gasteiger partial charge in [-0.25, -0.2) is 14.4 Å². The van der Waals surface area contributed by atoms with Crippen molar-refractivity contribution < 1.29 is 28.7 Å². The third-order valence-electron chi connectivity index (χ3n) is 17.1. The number of aliphatic hydroxyl groups is 1. The smallest absolute Gasteiger partial charge is 0.254 e. The molecule has 2 N–H and O–H groups in total. The lowest BCUT2D eigenvalue weighted by atomic mass is 9.83. The van der Waals surface area contributed by atoms with Gasteiger partial charge in [0, 0.05) is 101 Å². The topological polar surface area (TPSA) is 146 Å². The Morgan fingerprint density at radius 2 is 1.46 bits per heavy atom. The van der Waals surface area contributed by atoms with Gasteiger partial charge in [0.1, 0.15) is 24.0 Å². The largest absolute Gasteiger partial charge is 0.387 e. The fourth-order valence-corrected chi connectivity index (χ4v) is 12.9. The van der Waals surface area contributed by atoms with Crippen molar-refractivity contribution in [1.29, 1.82) is 0 Å². The van der Waals surface area contributed by atoms with Gasteiger partial charge in [0.15, 0.2) is 0 Å². The number of nitrogens with zero attached hydrogens (tertiary/aromatic N) is 8. The minimum atomic E-state index is -0.707. The van der Waals surface area contributed by atoms with Crippen molar-refractivity contribution in [3.05, 3.63) is 87.6 Å². The number of piperidine rings is 2. The molecule has 4 aliphatic heterocycles. The highest BCUT2D eigenvalue weighted by Gasteiger charge is 2.40. The van der Waals surface area contributed by atoms with Crippen molar-refractivity contribution in [1.82, 2.24) is 39.8 Å². The van der Waals surface area contributed by atoms with E-state index in [9.17, 15) is 24.3 Å². The molecule has 1 unspecified atom stereocenters. The average Bonchev–Trinajstić information content (AvgIpc) is 4.22. The first-order valence-electron chi connectivity index (χ1n) is 26.9. The third-order valence-corrected chi connectivity index (χ3v) is 17.4. The highest BCUT2D eigenvalue weighted by atomic mass is 35.5. The second-order valence-corrected chi connectivity index (χ2v) is 22.3. The lowest BCUT2D eigenvalue weighted by molar-refractivity contribution is -0.137. The molecule has 14 nitrogen and oxygen atoms in total. The summed E-state index contributed by atoms with van der Waals surface area (Å²) in [6.07, 6.45) is 12.0. The Morgan fingerprint density at radius 1 is 0.761 bits per heavy atom. The van der Waals surface area contributed by atoms with Gasteiger partial charge in [0.25, 0.3) is 5.91 Å². The van der Waals surface area contributed by atoms with Gasteiger partial charge in [-0.1, -0.05) is 62.1 Å². The van der Waals surface area contributed by atoms with Crippen LogP contribution in [0.15, 0.2) is 48.8 Å². The maximum Gasteiger partial charge on any atom is 0.254 e. The minimum absolute atomic E-state index is 0.00561. The molecule has 382 valence electrons. The van der Waals surface area contributed by atoms with E-state index in [0.29, 0.717) is 81.8 Å². The Hall–Kier alpha value is -4.70. The number of aromatic nitrogens is 2. The summed E-state index contributed by atoms with van der Waals surface area (Å²) in [7, 11) is 0. The van der Waals surface area contributed by atoms with Crippen molar-refractivity contribution in [2.45, 2.75) is 114 Å². The molecule has 4 saturated heterocycles. The van der Waals surface area contributed by atoms with Crippen LogP contribution in [0.2, 0.25) is 5.02 Å². The standard InChI is InChI=1S/C55H73ClFN9O5/c1-36-31-46(67)50-47(36)51(59-35-58-50)63-27-29-64(30-28-63)54(70)45(38-14-16-42(56)17-15-38)34-61-21-18-37(19-22-61)32-62-23-25-65(26-24-62)55(71)49(39-7-3-2-4-8-39)60-52(68)44-11-5-10-43(48(44)57)41-9-6-20-66(33-41)53(69)40-12-13-40/h5,10-11,14-17,35-37,39-41,45-46,49,67H,2-4,6-9,12-13,18-34H2,1H3,(H,60,68)/t36-,41-,45?,46-,49-/m1/s1. The fraction of sp³-hybridized carbons (Fsp3) is 0.636. The zero-order chi connectivity index (χ0) is 49.2. The molecule has 0 radical (unpaired) electrons. The van der Waals surface area contributed by atoms with E-state index in [-0.39, 0.29) is 52.9 Å². The maximum atomic E-state index is 16.4. The van der Waals surface area contributed by atoms with Crippen LogP contribution in [0.1, 0.15) is 141 Å². The number of carbonyl (C=O) groups excluding carboxylic acids is 4. The number of amides is 4. The summed E-state index contributed by atoms with van der Waals surface area (Å²) in [6.45, 7) is 11.9. The quantitative estimate of drug-likeness (QED) is 0.192. The van der Waals surface area contributed by atoms with Crippen LogP contribution in [0.25, 0.3) is 0 Å². The average molecular weight is 995 g/mol. The normalized spacial score (nSPS) is 24.9. The molecule has 0 bridgehead atoms. The van der Waals surface area contributed by atoms with Crippen LogP contribution in [0.4, 0.5) is 10.2 Å². The molecule has 0 spiro atoms. The molecule has 3 aliphatic carbocycles. The van der Waals surface area contributed by atoms with E-state index in [1.807, 2.05) is 39.0 Å². The second kappa shape index (κ2) is 22.2. The van der Waals surface area contributed by atoms with Crippen LogP contribution >= 0.6 is 11.6 Å². The third kappa shape index (κ3) is 11.3. The van der Waals surface area contributed by atoms with E-state index in [4.69, 9.17) is 11.6 Å². The lowest BCUT2D eigenvalue weighted by Crippen LogP contribution is -2.57. The first-order valence-corrected chi connectivity index (χ1v) is 27.3. The molecule has 7 aliphatic rings. The Labute approximate surface area is 423 Å². The Bertz CT molecular complexity index is 2380. The summed E-state index contributed by atoms with van der Waals surface area (Å²) in [4.78, 5) is 77.8. The molecule has 6 fully saturated rings. The van der Waals surface area contributed by atoms with Crippen LogP contribution in [0.5, 0.6) is 0 Å². The number of hydrogen-bond donors (Lipinski definition) is 2. The summed E-state index contributed by atoms with van der Waals surface area (Å²) in [6, 6.07) is 12.0. The molecule has 2 aromatic carbocycles. The highest BCUT2D eigenvalue weighted by Crippen LogP contribution is 2.43. The first-order chi connectivity index (χ1) is 34.5. The first kappa shape index (κ1) is 49.9. The predicted molar refractivity (Wildman–Crippen MR) is 271 cm³/mol. The zero-order valence-corrected chi connectivity index (χ0v) is 42.3. The lowest BCUT2D eigenvalue weighted by Gasteiger charge is -2.41. The van der Waals surface area contributed by atoms with Crippen molar-refractivity contribution in [3.63, 3.8) is 0 Å². The number of anilines is 1. The summed E-state index contributed by atoms with van der Waals surface area (Å²) in [5.41, 5.74) is 3.19. The van der Waals surface area contributed by atoms with E-state index in [1.165, 1.54) is 6.07 Å². The number of piperazine rings is 2. The van der Waals surface area contributed by atoms with Crippen LogP contribution in [0.3, 0.4) is 0 Å². The second-order valence-electron chi connectivity index (χ2n) is 21.9. The molecule has 5 heterocycles. The van der Waals surface area contributed by atoms with Crippen molar-refractivity contribution in [2.24, 2.45) is 17.8 Å². The van der Waals surface area contributed by atoms with Gasteiger partial charge in [-0.05, 0) is 118 Å². The number of likely N-dealkylation sites (tertiary alicyclic amines) is 2. The van der Waals surface area contributed by atoms with Gasteiger partial charge in [0.2, 0.25) is 17.7 Å². The number of fused-ring (bicyclic) bond motifs is 1. The van der Waals surface area contributed by atoms with Gasteiger partial charge < -0.3 is 34.9 Å². The van der Waals surface area contributed by atoms with Gasteiger partial charge in [-0.3, -0.25) is 24.1 Å². The number of nitrogens with one attached hydrogen (secondary N) is 1. The molecule has 1 aromatic heterocycles. The molecule has 5 atom stereocenters.